The summed E-state index contributed by atoms with van der Waals surface area (Å²) in [5, 5.41) is 11.9. The van der Waals surface area contributed by atoms with E-state index in [1.54, 1.807) is 6.07 Å². The number of nitrogens with zero attached hydrogens (tertiary/aromatic N) is 3. The molecule has 0 saturated heterocycles. The average molecular weight is 439 g/mol. The summed E-state index contributed by atoms with van der Waals surface area (Å²) >= 11 is 10.7. The second-order valence-corrected chi connectivity index (χ2v) is 7.18. The Balaban J connectivity index is 1.67. The highest BCUT2D eigenvalue weighted by Gasteiger charge is 2.15. The van der Waals surface area contributed by atoms with Crippen molar-refractivity contribution in [1.82, 2.24) is 14.9 Å². The number of nitrogen functional groups attached to an aromatic ring is 1. The molecule has 0 aliphatic carbocycles. The molecule has 0 atom stereocenters. The molecule has 3 N–H and O–H groups in total. The number of carbonyl (C=O) groups excluding carboxylic acids is 1. The number of thioether (sulfide) groups is 1. The summed E-state index contributed by atoms with van der Waals surface area (Å²) < 4.78 is 2.15. The molecule has 1 heterocycles. The molecule has 1 amide bonds. The summed E-state index contributed by atoms with van der Waals surface area (Å²) in [5.41, 5.74) is 1.39. The minimum atomic E-state index is -0.167. The molecule has 0 aliphatic heterocycles. The van der Waals surface area contributed by atoms with Crippen LogP contribution in [0.15, 0.2) is 58.2 Å². The summed E-state index contributed by atoms with van der Waals surface area (Å²) in [6, 6.07) is 14.6. The molecule has 9 heteroatoms. The number of halogens is 2. The van der Waals surface area contributed by atoms with E-state index in [0.29, 0.717) is 27.3 Å². The van der Waals surface area contributed by atoms with Gasteiger partial charge in [-0.1, -0.05) is 47.6 Å². The third-order valence-electron chi connectivity index (χ3n) is 3.26. The minimum absolute atomic E-state index is 0.152. The van der Waals surface area contributed by atoms with Crippen molar-refractivity contribution < 1.29 is 4.79 Å². The van der Waals surface area contributed by atoms with Crippen molar-refractivity contribution in [3.05, 3.63) is 58.0 Å². The van der Waals surface area contributed by atoms with Crippen LogP contribution >= 0.6 is 39.3 Å². The molecule has 3 rings (SSSR count). The van der Waals surface area contributed by atoms with Crippen molar-refractivity contribution in [3.63, 3.8) is 0 Å². The lowest BCUT2D eigenvalue weighted by molar-refractivity contribution is -0.113. The molecule has 1 aromatic heterocycles. The lowest BCUT2D eigenvalue weighted by atomic mass is 10.2. The monoisotopic (exact) mass is 437 g/mol. The van der Waals surface area contributed by atoms with Crippen LogP contribution in [0.3, 0.4) is 0 Å². The summed E-state index contributed by atoms with van der Waals surface area (Å²) in [7, 11) is 0. The van der Waals surface area contributed by atoms with Crippen LogP contribution in [-0.2, 0) is 4.79 Å². The maximum atomic E-state index is 12.1. The van der Waals surface area contributed by atoms with E-state index in [9.17, 15) is 4.79 Å². The van der Waals surface area contributed by atoms with Gasteiger partial charge in [-0.05, 0) is 40.2 Å². The Morgan fingerprint density at radius 1 is 1.20 bits per heavy atom. The molecule has 0 radical (unpaired) electrons. The fourth-order valence-electron chi connectivity index (χ4n) is 2.08. The third-order valence-corrected chi connectivity index (χ3v) is 5.22. The molecule has 3 aromatic rings. The topological polar surface area (TPSA) is 85.8 Å². The maximum Gasteiger partial charge on any atom is 0.234 e. The van der Waals surface area contributed by atoms with E-state index in [0.717, 1.165) is 4.47 Å². The lowest BCUT2D eigenvalue weighted by Crippen LogP contribution is -2.16. The highest BCUT2D eigenvalue weighted by molar-refractivity contribution is 9.10. The largest absolute Gasteiger partial charge is 0.335 e. The zero-order valence-corrected chi connectivity index (χ0v) is 16.0. The van der Waals surface area contributed by atoms with Crippen molar-refractivity contribution in [2.45, 2.75) is 5.16 Å². The van der Waals surface area contributed by atoms with Gasteiger partial charge in [-0.2, -0.15) is 0 Å². The smallest absolute Gasteiger partial charge is 0.234 e. The first-order valence-corrected chi connectivity index (χ1v) is 9.34. The highest BCUT2D eigenvalue weighted by atomic mass is 79.9. The van der Waals surface area contributed by atoms with Gasteiger partial charge >= 0.3 is 0 Å². The Morgan fingerprint density at radius 3 is 2.68 bits per heavy atom. The first-order valence-electron chi connectivity index (χ1n) is 7.19. The Morgan fingerprint density at radius 2 is 1.92 bits per heavy atom. The molecule has 0 spiro atoms. The van der Waals surface area contributed by atoms with Crippen LogP contribution in [0.4, 0.5) is 5.69 Å². The van der Waals surface area contributed by atoms with Crippen molar-refractivity contribution in [2.75, 3.05) is 16.9 Å². The fourth-order valence-corrected chi connectivity index (χ4v) is 3.34. The third kappa shape index (κ3) is 4.15. The minimum Gasteiger partial charge on any atom is -0.335 e. The van der Waals surface area contributed by atoms with E-state index in [2.05, 4.69) is 31.4 Å². The van der Waals surface area contributed by atoms with Gasteiger partial charge < -0.3 is 11.2 Å². The van der Waals surface area contributed by atoms with Gasteiger partial charge in [0.2, 0.25) is 11.1 Å². The zero-order chi connectivity index (χ0) is 17.8. The summed E-state index contributed by atoms with van der Waals surface area (Å²) in [4.78, 5) is 12.1. The van der Waals surface area contributed by atoms with Gasteiger partial charge in [0, 0.05) is 10.0 Å². The molecule has 25 heavy (non-hydrogen) atoms. The number of aromatic nitrogens is 3. The highest BCUT2D eigenvalue weighted by Crippen LogP contribution is 2.27. The standard InChI is InChI=1S/C16H13BrClN5OS/c17-11-6-2-4-8-13(11)20-14(24)9-25-16-22-21-15(23(16)19)10-5-1-3-7-12(10)18/h1-8H,9,19H2,(H,20,24). The molecule has 0 saturated carbocycles. The SMILES string of the molecule is Nn1c(SCC(=O)Nc2ccccc2Br)nnc1-c1ccccc1Cl. The van der Waals surface area contributed by atoms with Crippen LogP contribution in [0.2, 0.25) is 5.02 Å². The maximum absolute atomic E-state index is 12.1. The number of anilines is 1. The van der Waals surface area contributed by atoms with Gasteiger partial charge in [-0.25, -0.2) is 4.68 Å². The Kier molecular flexibility index (Phi) is 5.62. The lowest BCUT2D eigenvalue weighted by Gasteiger charge is -2.07. The number of hydrogen-bond acceptors (Lipinski definition) is 5. The number of hydrogen-bond donors (Lipinski definition) is 2. The van der Waals surface area contributed by atoms with Gasteiger partial charge in [-0.15, -0.1) is 10.2 Å². The average Bonchev–Trinajstić information content (AvgIpc) is 2.96. The quantitative estimate of drug-likeness (QED) is 0.467. The Labute approximate surface area is 161 Å². The number of carbonyl (C=O) groups is 1. The number of para-hydroxylation sites is 1. The van der Waals surface area contributed by atoms with E-state index in [4.69, 9.17) is 17.4 Å². The van der Waals surface area contributed by atoms with Gasteiger partial charge in [0.05, 0.1) is 16.5 Å². The van der Waals surface area contributed by atoms with Gasteiger partial charge in [-0.3, -0.25) is 4.79 Å². The Bertz CT molecular complexity index is 917. The molecule has 0 unspecified atom stereocenters. The summed E-state index contributed by atoms with van der Waals surface area (Å²) in [5.74, 6) is 6.47. The second kappa shape index (κ2) is 7.90. The first-order chi connectivity index (χ1) is 12.1. The molecule has 0 aliphatic rings. The number of rotatable bonds is 5. The number of benzene rings is 2. The van der Waals surface area contributed by atoms with Crippen molar-refractivity contribution in [1.29, 1.82) is 0 Å². The van der Waals surface area contributed by atoms with Crippen LogP contribution in [0.25, 0.3) is 11.4 Å². The fraction of sp³-hybridized carbons (Fsp3) is 0.0625. The van der Waals surface area contributed by atoms with Crippen LogP contribution in [0.1, 0.15) is 0 Å². The van der Waals surface area contributed by atoms with E-state index >= 15 is 0 Å². The zero-order valence-electron chi connectivity index (χ0n) is 12.8. The van der Waals surface area contributed by atoms with Crippen LogP contribution in [-0.4, -0.2) is 26.5 Å². The molecule has 0 fully saturated rings. The summed E-state index contributed by atoms with van der Waals surface area (Å²) in [6.07, 6.45) is 0. The number of nitrogens with one attached hydrogen (secondary N) is 1. The van der Waals surface area contributed by atoms with Crippen molar-refractivity contribution >= 4 is 50.9 Å². The molecular weight excluding hydrogens is 426 g/mol. The Hall–Kier alpha value is -2.03. The van der Waals surface area contributed by atoms with Gasteiger partial charge in [0.15, 0.2) is 5.82 Å². The number of nitrogens with two attached hydrogens (primary N) is 1. The van der Waals surface area contributed by atoms with E-state index in [1.807, 2.05) is 42.5 Å². The molecular formula is C16H13BrClN5OS. The summed E-state index contributed by atoms with van der Waals surface area (Å²) in [6.45, 7) is 0. The van der Waals surface area contributed by atoms with Gasteiger partial charge in [0.25, 0.3) is 0 Å². The molecule has 128 valence electrons. The van der Waals surface area contributed by atoms with Crippen LogP contribution in [0.5, 0.6) is 0 Å². The van der Waals surface area contributed by atoms with E-state index in [-0.39, 0.29) is 11.7 Å². The molecule has 0 bridgehead atoms. The predicted molar refractivity (Wildman–Crippen MR) is 104 cm³/mol. The van der Waals surface area contributed by atoms with E-state index < -0.39 is 0 Å². The van der Waals surface area contributed by atoms with Crippen LogP contribution in [0, 0.1) is 0 Å². The van der Waals surface area contributed by atoms with Crippen molar-refractivity contribution in [2.24, 2.45) is 0 Å². The van der Waals surface area contributed by atoms with Gasteiger partial charge in [0.1, 0.15) is 0 Å². The van der Waals surface area contributed by atoms with E-state index in [1.165, 1.54) is 16.4 Å². The predicted octanol–water partition coefficient (Wildman–Crippen LogP) is 3.81. The molecule has 2 aromatic carbocycles. The number of amides is 1. The normalized spacial score (nSPS) is 10.6. The second-order valence-electron chi connectivity index (χ2n) is 4.97. The molecule has 6 nitrogen and oxygen atoms in total. The van der Waals surface area contributed by atoms with Crippen LogP contribution < -0.4 is 11.2 Å². The first kappa shape index (κ1) is 17.8. The van der Waals surface area contributed by atoms with Crippen molar-refractivity contribution in [3.8, 4) is 11.4 Å².